The predicted molar refractivity (Wildman–Crippen MR) is 165 cm³/mol. The molecule has 2 amide bonds. The van der Waals surface area contributed by atoms with Crippen molar-refractivity contribution >= 4 is 35.2 Å². The average molecular weight is 583 g/mol. The molecule has 5 rings (SSSR count). The number of amides is 2. The van der Waals surface area contributed by atoms with E-state index in [-0.39, 0.29) is 23.4 Å². The minimum absolute atomic E-state index is 0.0137. The molecule has 216 valence electrons. The van der Waals surface area contributed by atoms with Crippen LogP contribution in [-0.2, 0) is 22.6 Å². The van der Waals surface area contributed by atoms with Gasteiger partial charge in [0.1, 0.15) is 6.04 Å². The van der Waals surface area contributed by atoms with Crippen molar-refractivity contribution < 1.29 is 9.59 Å². The molecule has 0 spiro atoms. The number of thioether (sulfide) groups is 1. The minimum Gasteiger partial charge on any atom is -0.344 e. The normalized spacial score (nSPS) is 21.7. The maximum absolute atomic E-state index is 13.9. The molecule has 2 aromatic carbocycles. The lowest BCUT2D eigenvalue weighted by atomic mass is 9.81. The molecule has 0 radical (unpaired) electrons. The fourth-order valence-electron chi connectivity index (χ4n) is 6.84. The zero-order chi connectivity index (χ0) is 28.1. The molecule has 0 aromatic heterocycles. The lowest BCUT2D eigenvalue weighted by Gasteiger charge is -2.51. The predicted octanol–water partition coefficient (Wildman–Crippen LogP) is 5.06. The summed E-state index contributed by atoms with van der Waals surface area (Å²) >= 11 is 8.18. The van der Waals surface area contributed by atoms with Crippen LogP contribution in [0, 0.1) is 5.92 Å². The molecule has 3 heterocycles. The number of rotatable bonds is 9. The van der Waals surface area contributed by atoms with Gasteiger partial charge in [-0.1, -0.05) is 61.8 Å². The van der Waals surface area contributed by atoms with Crippen LogP contribution in [0.5, 0.6) is 0 Å². The summed E-state index contributed by atoms with van der Waals surface area (Å²) in [5, 5.41) is 7.23. The SMILES string of the molecule is CC(C)CC1(N2CCN(C(=O)[C@@H](Cc3ccc(Cl)cc3)NC(=O)CC3NCc4ccccc43)CC2)CCSCC1. The van der Waals surface area contributed by atoms with Crippen molar-refractivity contribution in [2.24, 2.45) is 5.92 Å². The molecule has 0 bridgehead atoms. The maximum Gasteiger partial charge on any atom is 0.245 e. The molecule has 8 heteroatoms. The van der Waals surface area contributed by atoms with Crippen molar-refractivity contribution in [1.82, 2.24) is 20.4 Å². The monoisotopic (exact) mass is 582 g/mol. The number of nitrogens with zero attached hydrogens (tertiary/aromatic N) is 2. The Labute approximate surface area is 248 Å². The average Bonchev–Trinajstić information content (AvgIpc) is 3.36. The Bertz CT molecular complexity index is 1160. The summed E-state index contributed by atoms with van der Waals surface area (Å²) in [6.45, 7) is 8.62. The van der Waals surface area contributed by atoms with E-state index in [1.807, 2.05) is 41.3 Å². The van der Waals surface area contributed by atoms with Gasteiger partial charge >= 0.3 is 0 Å². The van der Waals surface area contributed by atoms with Crippen LogP contribution in [0.15, 0.2) is 48.5 Å². The molecule has 1 unspecified atom stereocenters. The van der Waals surface area contributed by atoms with E-state index in [2.05, 4.69) is 53.3 Å². The summed E-state index contributed by atoms with van der Waals surface area (Å²) < 4.78 is 0. The van der Waals surface area contributed by atoms with E-state index in [1.165, 1.54) is 41.9 Å². The summed E-state index contributed by atoms with van der Waals surface area (Å²) in [5.41, 5.74) is 3.65. The van der Waals surface area contributed by atoms with Crippen molar-refractivity contribution in [3.05, 3.63) is 70.2 Å². The number of hydrogen-bond donors (Lipinski definition) is 2. The molecule has 2 N–H and O–H groups in total. The molecule has 2 saturated heterocycles. The first-order chi connectivity index (χ1) is 19.3. The van der Waals surface area contributed by atoms with Gasteiger partial charge in [0.2, 0.25) is 11.8 Å². The number of carbonyl (C=O) groups excluding carboxylic acids is 2. The van der Waals surface area contributed by atoms with E-state index in [4.69, 9.17) is 11.6 Å². The summed E-state index contributed by atoms with van der Waals surface area (Å²) in [5.74, 6) is 3.02. The zero-order valence-corrected chi connectivity index (χ0v) is 25.4. The first-order valence-electron chi connectivity index (χ1n) is 14.8. The Hall–Kier alpha value is -2.06. The summed E-state index contributed by atoms with van der Waals surface area (Å²) in [6.07, 6.45) is 4.44. The first-order valence-corrected chi connectivity index (χ1v) is 16.3. The third kappa shape index (κ3) is 7.04. The van der Waals surface area contributed by atoms with Gasteiger partial charge in [0.25, 0.3) is 0 Å². The van der Waals surface area contributed by atoms with Gasteiger partial charge in [-0.05, 0) is 65.5 Å². The lowest BCUT2D eigenvalue weighted by molar-refractivity contribution is -0.139. The Morgan fingerprint density at radius 2 is 1.75 bits per heavy atom. The highest BCUT2D eigenvalue weighted by Gasteiger charge is 2.41. The largest absolute Gasteiger partial charge is 0.344 e. The van der Waals surface area contributed by atoms with Crippen molar-refractivity contribution in [3.63, 3.8) is 0 Å². The van der Waals surface area contributed by atoms with Gasteiger partial charge in [-0.2, -0.15) is 11.8 Å². The molecular formula is C32H43ClN4O2S. The fourth-order valence-corrected chi connectivity index (χ4v) is 8.22. The second kappa shape index (κ2) is 13.3. The van der Waals surface area contributed by atoms with E-state index >= 15 is 0 Å². The topological polar surface area (TPSA) is 64.7 Å². The zero-order valence-electron chi connectivity index (χ0n) is 23.8. The van der Waals surface area contributed by atoms with Crippen LogP contribution in [0.2, 0.25) is 5.02 Å². The lowest BCUT2D eigenvalue weighted by Crippen LogP contribution is -2.61. The van der Waals surface area contributed by atoms with E-state index in [1.54, 1.807) is 0 Å². The van der Waals surface area contributed by atoms with Crippen LogP contribution >= 0.6 is 23.4 Å². The molecule has 3 aliphatic rings. The number of nitrogens with one attached hydrogen (secondary N) is 2. The van der Waals surface area contributed by atoms with E-state index in [0.717, 1.165) is 25.2 Å². The first kappa shape index (κ1) is 29.4. The van der Waals surface area contributed by atoms with Crippen LogP contribution in [0.1, 0.15) is 62.3 Å². The molecule has 2 atom stereocenters. The second-order valence-corrected chi connectivity index (χ2v) is 13.7. The number of hydrogen-bond acceptors (Lipinski definition) is 5. The number of carbonyl (C=O) groups is 2. The second-order valence-electron chi connectivity index (χ2n) is 12.0. The Balaban J connectivity index is 1.25. The molecule has 2 fully saturated rings. The molecule has 0 aliphatic carbocycles. The van der Waals surface area contributed by atoms with Gasteiger partial charge < -0.3 is 15.5 Å². The van der Waals surface area contributed by atoms with Crippen molar-refractivity contribution in [1.29, 1.82) is 0 Å². The van der Waals surface area contributed by atoms with Crippen molar-refractivity contribution in [3.8, 4) is 0 Å². The Kier molecular flexibility index (Phi) is 9.77. The molecular weight excluding hydrogens is 540 g/mol. The van der Waals surface area contributed by atoms with Crippen LogP contribution in [0.3, 0.4) is 0 Å². The van der Waals surface area contributed by atoms with Gasteiger partial charge in [-0.25, -0.2) is 0 Å². The smallest absolute Gasteiger partial charge is 0.245 e. The molecule has 40 heavy (non-hydrogen) atoms. The Morgan fingerprint density at radius 3 is 2.45 bits per heavy atom. The summed E-state index contributed by atoms with van der Waals surface area (Å²) in [4.78, 5) is 31.9. The minimum atomic E-state index is -0.604. The quantitative estimate of drug-likeness (QED) is 0.433. The highest BCUT2D eigenvalue weighted by molar-refractivity contribution is 7.99. The van der Waals surface area contributed by atoms with Gasteiger partial charge in [-0.3, -0.25) is 14.5 Å². The van der Waals surface area contributed by atoms with Crippen LogP contribution in [0.25, 0.3) is 0 Å². The highest BCUT2D eigenvalue weighted by atomic mass is 35.5. The maximum atomic E-state index is 13.9. The molecule has 3 aliphatic heterocycles. The van der Waals surface area contributed by atoms with Gasteiger partial charge in [0.15, 0.2) is 0 Å². The highest BCUT2D eigenvalue weighted by Crippen LogP contribution is 2.38. The fraction of sp³-hybridized carbons (Fsp3) is 0.562. The van der Waals surface area contributed by atoms with Crippen molar-refractivity contribution in [2.45, 2.75) is 70.1 Å². The number of benzene rings is 2. The molecule has 6 nitrogen and oxygen atoms in total. The standard InChI is InChI=1S/C32H43ClN4O2S/c1-23(2)21-32(11-17-40-18-12-32)37-15-13-36(14-16-37)31(39)29(19-24-7-9-26(33)10-8-24)35-30(38)20-28-27-6-4-3-5-25(27)22-34-28/h3-10,23,28-29,34H,11-22H2,1-2H3,(H,35,38)/t28?,29-/m1/s1. The van der Waals surface area contributed by atoms with Crippen molar-refractivity contribution in [2.75, 3.05) is 37.7 Å². The van der Waals surface area contributed by atoms with Crippen LogP contribution in [0.4, 0.5) is 0 Å². The summed E-state index contributed by atoms with van der Waals surface area (Å²) in [7, 11) is 0. The number of piperazine rings is 1. The van der Waals surface area contributed by atoms with E-state index in [9.17, 15) is 9.59 Å². The summed E-state index contributed by atoms with van der Waals surface area (Å²) in [6, 6.07) is 15.2. The van der Waals surface area contributed by atoms with Crippen LogP contribution < -0.4 is 10.6 Å². The third-order valence-electron chi connectivity index (χ3n) is 8.82. The Morgan fingerprint density at radius 1 is 1.05 bits per heavy atom. The van der Waals surface area contributed by atoms with Gasteiger partial charge in [-0.15, -0.1) is 0 Å². The third-order valence-corrected chi connectivity index (χ3v) is 10.1. The van der Waals surface area contributed by atoms with Crippen LogP contribution in [-0.4, -0.2) is 70.9 Å². The molecule has 0 saturated carbocycles. The number of halogens is 1. The van der Waals surface area contributed by atoms with E-state index < -0.39 is 6.04 Å². The number of fused-ring (bicyclic) bond motifs is 1. The molecule has 2 aromatic rings. The van der Waals surface area contributed by atoms with Gasteiger partial charge in [0, 0.05) is 62.2 Å². The van der Waals surface area contributed by atoms with Gasteiger partial charge in [0.05, 0.1) is 0 Å². The van der Waals surface area contributed by atoms with E-state index in [0.29, 0.717) is 36.9 Å².